The summed E-state index contributed by atoms with van der Waals surface area (Å²) in [7, 11) is 0. The van der Waals surface area contributed by atoms with Crippen LogP contribution in [-0.4, -0.2) is 67.4 Å². The van der Waals surface area contributed by atoms with Gasteiger partial charge < -0.3 is 9.84 Å². The number of hydrogen-bond donors (Lipinski definition) is 1. The Hall–Kier alpha value is -0.810. The van der Waals surface area contributed by atoms with E-state index >= 15 is 0 Å². The molecule has 0 atom stereocenters. The Labute approximate surface area is 125 Å². The Bertz CT molecular complexity index is 403. The molecule has 1 heterocycles. The number of ether oxygens (including phenoxy) is 1. The second-order valence-corrected chi connectivity index (χ2v) is 5.50. The fourth-order valence-corrected chi connectivity index (χ4v) is 2.64. The molecule has 1 aromatic rings. The first-order valence-corrected chi connectivity index (χ1v) is 7.59. The van der Waals surface area contributed by atoms with Gasteiger partial charge in [0.2, 0.25) is 0 Å². The van der Waals surface area contributed by atoms with Crippen LogP contribution in [0.5, 0.6) is 5.75 Å². The highest BCUT2D eigenvalue weighted by molar-refractivity contribution is 6.30. The van der Waals surface area contributed by atoms with E-state index < -0.39 is 0 Å². The molecule has 1 aliphatic rings. The quantitative estimate of drug-likeness (QED) is 0.867. The SMILES string of the molecule is OCCN1CCCN(CCOc2cccc(Cl)c2)CC1. The third-order valence-electron chi connectivity index (χ3n) is 3.57. The normalized spacial score (nSPS) is 17.9. The van der Waals surface area contributed by atoms with E-state index in [0.717, 1.165) is 51.4 Å². The standard InChI is InChI=1S/C15H23ClN2O2/c16-14-3-1-4-15(13-14)20-12-10-18-6-2-5-17(7-8-18)9-11-19/h1,3-4,13,19H,2,5-12H2. The first kappa shape index (κ1) is 15.6. The molecule has 5 heteroatoms. The maximum absolute atomic E-state index is 8.98. The van der Waals surface area contributed by atoms with Gasteiger partial charge in [0.1, 0.15) is 12.4 Å². The Morgan fingerprint density at radius 1 is 1.10 bits per heavy atom. The summed E-state index contributed by atoms with van der Waals surface area (Å²) in [5.74, 6) is 0.828. The molecule has 0 bridgehead atoms. The molecule has 1 fully saturated rings. The highest BCUT2D eigenvalue weighted by Gasteiger charge is 2.13. The Balaban J connectivity index is 1.69. The summed E-state index contributed by atoms with van der Waals surface area (Å²) in [6, 6.07) is 7.51. The molecule has 20 heavy (non-hydrogen) atoms. The number of nitrogens with zero attached hydrogens (tertiary/aromatic N) is 2. The molecule has 1 N–H and O–H groups in total. The molecule has 1 saturated heterocycles. The highest BCUT2D eigenvalue weighted by atomic mass is 35.5. The average molecular weight is 299 g/mol. The number of aliphatic hydroxyl groups excluding tert-OH is 1. The lowest BCUT2D eigenvalue weighted by molar-refractivity contribution is 0.188. The minimum atomic E-state index is 0.248. The van der Waals surface area contributed by atoms with Crippen LogP contribution in [0.2, 0.25) is 5.02 Å². The van der Waals surface area contributed by atoms with E-state index in [-0.39, 0.29) is 6.61 Å². The van der Waals surface area contributed by atoms with E-state index in [4.69, 9.17) is 21.4 Å². The summed E-state index contributed by atoms with van der Waals surface area (Å²) in [5, 5.41) is 9.69. The fraction of sp³-hybridized carbons (Fsp3) is 0.600. The van der Waals surface area contributed by atoms with Crippen molar-refractivity contribution in [3.8, 4) is 5.75 Å². The third kappa shape index (κ3) is 5.29. The number of rotatable bonds is 6. The van der Waals surface area contributed by atoms with Gasteiger partial charge in [0.25, 0.3) is 0 Å². The minimum Gasteiger partial charge on any atom is -0.492 e. The van der Waals surface area contributed by atoms with Crippen molar-refractivity contribution in [2.24, 2.45) is 0 Å². The van der Waals surface area contributed by atoms with Gasteiger partial charge in [0.15, 0.2) is 0 Å². The topological polar surface area (TPSA) is 35.9 Å². The van der Waals surface area contributed by atoms with Crippen molar-refractivity contribution in [1.82, 2.24) is 9.80 Å². The Kier molecular flexibility index (Phi) is 6.60. The number of aliphatic hydroxyl groups is 1. The van der Waals surface area contributed by atoms with Crippen molar-refractivity contribution in [2.45, 2.75) is 6.42 Å². The summed E-state index contributed by atoms with van der Waals surface area (Å²) >= 11 is 5.92. The lowest BCUT2D eigenvalue weighted by Gasteiger charge is -2.21. The lowest BCUT2D eigenvalue weighted by Crippen LogP contribution is -2.34. The van der Waals surface area contributed by atoms with Gasteiger partial charge >= 0.3 is 0 Å². The van der Waals surface area contributed by atoms with Crippen molar-refractivity contribution >= 4 is 11.6 Å². The van der Waals surface area contributed by atoms with Crippen molar-refractivity contribution in [3.63, 3.8) is 0 Å². The van der Waals surface area contributed by atoms with E-state index in [0.29, 0.717) is 11.6 Å². The second kappa shape index (κ2) is 8.47. The molecule has 0 radical (unpaired) electrons. The van der Waals surface area contributed by atoms with Crippen molar-refractivity contribution in [1.29, 1.82) is 0 Å². The Morgan fingerprint density at radius 2 is 1.85 bits per heavy atom. The van der Waals surface area contributed by atoms with Crippen molar-refractivity contribution in [3.05, 3.63) is 29.3 Å². The molecule has 2 rings (SSSR count). The van der Waals surface area contributed by atoms with Crippen molar-refractivity contribution < 1.29 is 9.84 Å². The van der Waals surface area contributed by atoms with Crippen LogP contribution in [0, 0.1) is 0 Å². The first-order valence-electron chi connectivity index (χ1n) is 7.22. The molecular formula is C15H23ClN2O2. The summed E-state index contributed by atoms with van der Waals surface area (Å²) in [5.41, 5.74) is 0. The number of hydrogen-bond acceptors (Lipinski definition) is 4. The van der Waals surface area contributed by atoms with E-state index in [1.54, 1.807) is 0 Å². The van der Waals surface area contributed by atoms with E-state index in [1.807, 2.05) is 24.3 Å². The molecule has 0 saturated carbocycles. The monoisotopic (exact) mass is 298 g/mol. The molecule has 112 valence electrons. The van der Waals surface area contributed by atoms with E-state index in [9.17, 15) is 0 Å². The molecule has 0 spiro atoms. The summed E-state index contributed by atoms with van der Waals surface area (Å²) in [4.78, 5) is 4.74. The molecule has 0 aromatic heterocycles. The van der Waals surface area contributed by atoms with Crippen molar-refractivity contribution in [2.75, 3.05) is 52.5 Å². The van der Waals surface area contributed by atoms with Gasteiger partial charge in [-0.15, -0.1) is 0 Å². The van der Waals surface area contributed by atoms with Gasteiger partial charge in [0.05, 0.1) is 6.61 Å². The third-order valence-corrected chi connectivity index (χ3v) is 3.80. The smallest absolute Gasteiger partial charge is 0.120 e. The lowest BCUT2D eigenvalue weighted by atomic mass is 10.3. The van der Waals surface area contributed by atoms with Crippen LogP contribution in [0.15, 0.2) is 24.3 Å². The molecule has 0 unspecified atom stereocenters. The molecule has 0 amide bonds. The predicted octanol–water partition coefficient (Wildman–Crippen LogP) is 1.72. The zero-order valence-electron chi connectivity index (χ0n) is 11.8. The number of benzene rings is 1. The van der Waals surface area contributed by atoms with Gasteiger partial charge in [-0.1, -0.05) is 17.7 Å². The zero-order chi connectivity index (χ0) is 14.2. The average Bonchev–Trinajstić information content (AvgIpc) is 2.65. The summed E-state index contributed by atoms with van der Waals surface area (Å²) in [6.45, 7) is 6.88. The van der Waals surface area contributed by atoms with Crippen LogP contribution < -0.4 is 4.74 Å². The Morgan fingerprint density at radius 3 is 2.55 bits per heavy atom. The fourth-order valence-electron chi connectivity index (χ4n) is 2.46. The number of halogens is 1. The predicted molar refractivity (Wildman–Crippen MR) is 81.5 cm³/mol. The molecule has 0 aliphatic carbocycles. The minimum absolute atomic E-state index is 0.248. The largest absolute Gasteiger partial charge is 0.492 e. The highest BCUT2D eigenvalue weighted by Crippen LogP contribution is 2.17. The van der Waals surface area contributed by atoms with Crippen LogP contribution in [0.1, 0.15) is 6.42 Å². The van der Waals surface area contributed by atoms with Crippen LogP contribution in [-0.2, 0) is 0 Å². The molecule has 4 nitrogen and oxygen atoms in total. The van der Waals surface area contributed by atoms with Crippen LogP contribution in [0.25, 0.3) is 0 Å². The van der Waals surface area contributed by atoms with Gasteiger partial charge in [-0.25, -0.2) is 0 Å². The molecular weight excluding hydrogens is 276 g/mol. The second-order valence-electron chi connectivity index (χ2n) is 5.07. The van der Waals surface area contributed by atoms with Gasteiger partial charge in [0, 0.05) is 31.2 Å². The maximum Gasteiger partial charge on any atom is 0.120 e. The van der Waals surface area contributed by atoms with E-state index in [2.05, 4.69) is 9.80 Å². The molecule has 1 aromatic carbocycles. The summed E-state index contributed by atoms with van der Waals surface area (Å²) < 4.78 is 5.73. The number of β-amino-alcohol motifs (C(OH)–C–C–N with tert-alkyl or cyclic N) is 1. The van der Waals surface area contributed by atoms with E-state index in [1.165, 1.54) is 0 Å². The first-order chi connectivity index (χ1) is 9.78. The van der Waals surface area contributed by atoms with Crippen LogP contribution >= 0.6 is 11.6 Å². The van der Waals surface area contributed by atoms with Crippen LogP contribution in [0.3, 0.4) is 0 Å². The van der Waals surface area contributed by atoms with Gasteiger partial charge in [-0.2, -0.15) is 0 Å². The van der Waals surface area contributed by atoms with Gasteiger partial charge in [-0.05, 0) is 37.7 Å². The van der Waals surface area contributed by atoms with Crippen LogP contribution in [0.4, 0.5) is 0 Å². The molecule has 1 aliphatic heterocycles. The van der Waals surface area contributed by atoms with Gasteiger partial charge in [-0.3, -0.25) is 9.80 Å². The maximum atomic E-state index is 8.98. The zero-order valence-corrected chi connectivity index (χ0v) is 12.6. The summed E-state index contributed by atoms with van der Waals surface area (Å²) in [6.07, 6.45) is 1.15.